The molecule has 0 aliphatic heterocycles. The van der Waals surface area contributed by atoms with Gasteiger partial charge in [0.1, 0.15) is 5.75 Å². The van der Waals surface area contributed by atoms with Crippen LogP contribution >= 0.6 is 0 Å². The first kappa shape index (κ1) is 19.4. The summed E-state index contributed by atoms with van der Waals surface area (Å²) < 4.78 is 5.73. The summed E-state index contributed by atoms with van der Waals surface area (Å²) in [5.74, 6) is 2.24. The van der Waals surface area contributed by atoms with Crippen LogP contribution < -0.4 is 26.1 Å². The maximum Gasteiger partial charge on any atom is 0.307 e. The van der Waals surface area contributed by atoms with Gasteiger partial charge < -0.3 is 21.1 Å². The number of nitrogens with two attached hydrogens (primary N) is 1. The molecule has 0 saturated heterocycles. The van der Waals surface area contributed by atoms with Crippen molar-refractivity contribution in [3.05, 3.63) is 30.1 Å². The van der Waals surface area contributed by atoms with E-state index in [0.29, 0.717) is 25.1 Å². The van der Waals surface area contributed by atoms with Crippen LogP contribution in [0.1, 0.15) is 44.1 Å². The first-order valence-corrected chi connectivity index (χ1v) is 10.5. The van der Waals surface area contributed by atoms with Gasteiger partial charge in [0.05, 0.1) is 6.61 Å². The lowest BCUT2D eigenvalue weighted by molar-refractivity contribution is -0.347. The molecule has 0 amide bonds. The van der Waals surface area contributed by atoms with Crippen LogP contribution in [0.5, 0.6) is 5.75 Å². The molecule has 8 nitrogen and oxygen atoms in total. The Kier molecular flexibility index (Phi) is 6.09. The molecule has 3 aromatic rings. The molecule has 1 aliphatic carbocycles. The minimum absolute atomic E-state index is 0.463. The van der Waals surface area contributed by atoms with E-state index in [1.165, 1.54) is 32.1 Å². The molecule has 8 heteroatoms. The molecule has 1 aromatic carbocycles. The average Bonchev–Trinajstić information content (AvgIpc) is 3.20. The zero-order valence-corrected chi connectivity index (χ0v) is 16.9. The number of aromatic amines is 2. The molecule has 0 spiro atoms. The van der Waals surface area contributed by atoms with E-state index < -0.39 is 0 Å². The molecule has 0 radical (unpaired) electrons. The van der Waals surface area contributed by atoms with Crippen molar-refractivity contribution in [2.24, 2.45) is 5.73 Å². The second-order valence-corrected chi connectivity index (χ2v) is 7.62. The van der Waals surface area contributed by atoms with Crippen LogP contribution in [0.25, 0.3) is 11.2 Å². The van der Waals surface area contributed by atoms with Gasteiger partial charge in [-0.15, -0.1) is 0 Å². The van der Waals surface area contributed by atoms with Gasteiger partial charge in [-0.05, 0) is 56.5 Å². The zero-order valence-electron chi connectivity index (χ0n) is 16.9. The summed E-state index contributed by atoms with van der Waals surface area (Å²) in [5, 5.41) is 6.97. The molecule has 2 aromatic heterocycles. The Balaban J connectivity index is 1.53. The number of ether oxygens (including phenoxy) is 1. The number of hydrogen-bond donors (Lipinski definition) is 4. The summed E-state index contributed by atoms with van der Waals surface area (Å²) >= 11 is 0. The maximum atomic E-state index is 5.73. The number of anilines is 3. The fourth-order valence-corrected chi connectivity index (χ4v) is 3.74. The monoisotopic (exact) mass is 396 g/mol. The van der Waals surface area contributed by atoms with Gasteiger partial charge in [0.25, 0.3) is 0 Å². The van der Waals surface area contributed by atoms with E-state index in [9.17, 15) is 0 Å². The Bertz CT molecular complexity index is 949. The molecule has 0 atom stereocenters. The number of fused-ring (bicyclic) bond motifs is 1. The Morgan fingerprint density at radius 2 is 2.10 bits per heavy atom. The first-order valence-electron chi connectivity index (χ1n) is 10.5. The molecule has 1 saturated carbocycles. The van der Waals surface area contributed by atoms with Crippen molar-refractivity contribution < 1.29 is 9.72 Å². The average molecular weight is 397 g/mol. The minimum atomic E-state index is 0.463. The third-order valence-electron chi connectivity index (χ3n) is 5.34. The molecule has 1 aliphatic rings. The molecule has 0 bridgehead atoms. The number of nitrogens with zero attached hydrogens (tertiary/aromatic N) is 2. The number of rotatable bonds is 8. The summed E-state index contributed by atoms with van der Waals surface area (Å²) in [6.07, 6.45) is 8.86. The van der Waals surface area contributed by atoms with E-state index >= 15 is 0 Å². The van der Waals surface area contributed by atoms with Crippen LogP contribution in [0.3, 0.4) is 0 Å². The predicted molar refractivity (Wildman–Crippen MR) is 115 cm³/mol. The summed E-state index contributed by atoms with van der Waals surface area (Å²) in [4.78, 5) is 15.7. The highest BCUT2D eigenvalue weighted by molar-refractivity contribution is 5.82. The third-order valence-corrected chi connectivity index (χ3v) is 5.34. The van der Waals surface area contributed by atoms with E-state index in [1.807, 2.05) is 25.1 Å². The SMILES string of the molecule is Cc1cc(OCCCN)ccc1Nc1nc(NC2CCCCC2)c2[nH]c[nH+]c2n1. The Morgan fingerprint density at radius 3 is 2.90 bits per heavy atom. The van der Waals surface area contributed by atoms with Crippen molar-refractivity contribution in [3.8, 4) is 5.75 Å². The Hall–Kier alpha value is -2.87. The van der Waals surface area contributed by atoms with Gasteiger partial charge >= 0.3 is 11.6 Å². The number of imidazole rings is 1. The largest absolute Gasteiger partial charge is 0.494 e. The molecular weight excluding hydrogens is 366 g/mol. The minimum Gasteiger partial charge on any atom is -0.494 e. The summed E-state index contributed by atoms with van der Waals surface area (Å²) in [5.41, 5.74) is 9.23. The predicted octanol–water partition coefficient (Wildman–Crippen LogP) is 3.30. The van der Waals surface area contributed by atoms with Crippen molar-refractivity contribution in [2.45, 2.75) is 51.5 Å². The van der Waals surface area contributed by atoms with Gasteiger partial charge in [0.2, 0.25) is 5.52 Å². The van der Waals surface area contributed by atoms with Crippen LogP contribution in [0.15, 0.2) is 24.5 Å². The van der Waals surface area contributed by atoms with Crippen molar-refractivity contribution in [1.29, 1.82) is 0 Å². The van der Waals surface area contributed by atoms with Crippen molar-refractivity contribution in [3.63, 3.8) is 0 Å². The number of aryl methyl sites for hydroxylation is 1. The van der Waals surface area contributed by atoms with E-state index in [1.54, 1.807) is 6.33 Å². The van der Waals surface area contributed by atoms with E-state index in [-0.39, 0.29) is 0 Å². The Morgan fingerprint density at radius 1 is 1.24 bits per heavy atom. The fraction of sp³-hybridized carbons (Fsp3) is 0.476. The van der Waals surface area contributed by atoms with Gasteiger partial charge in [-0.25, -0.2) is 4.98 Å². The number of hydrogen-bond acceptors (Lipinski definition) is 6. The van der Waals surface area contributed by atoms with Crippen molar-refractivity contribution in [2.75, 3.05) is 23.8 Å². The lowest BCUT2D eigenvalue weighted by Crippen LogP contribution is -2.23. The molecule has 4 rings (SSSR count). The van der Waals surface area contributed by atoms with Crippen LogP contribution in [0.2, 0.25) is 0 Å². The second kappa shape index (κ2) is 9.09. The normalized spacial score (nSPS) is 14.8. The van der Waals surface area contributed by atoms with E-state index in [4.69, 9.17) is 15.5 Å². The molecule has 1 fully saturated rings. The van der Waals surface area contributed by atoms with Gasteiger partial charge in [-0.1, -0.05) is 24.2 Å². The molecule has 0 unspecified atom stereocenters. The highest BCUT2D eigenvalue weighted by atomic mass is 16.5. The van der Waals surface area contributed by atoms with Crippen molar-refractivity contribution in [1.82, 2.24) is 15.0 Å². The maximum absolute atomic E-state index is 5.73. The topological polar surface area (TPSA) is 115 Å². The third kappa shape index (κ3) is 4.76. The fourth-order valence-electron chi connectivity index (χ4n) is 3.74. The number of benzene rings is 1. The molecule has 154 valence electrons. The molecule has 6 N–H and O–H groups in total. The number of aromatic nitrogens is 4. The molecular formula is C21H30N7O+. The number of nitrogens with one attached hydrogen (secondary N) is 4. The lowest BCUT2D eigenvalue weighted by Gasteiger charge is -2.23. The van der Waals surface area contributed by atoms with Gasteiger partial charge in [-0.2, -0.15) is 4.98 Å². The van der Waals surface area contributed by atoms with Crippen LogP contribution in [-0.4, -0.2) is 34.1 Å². The summed E-state index contributed by atoms with van der Waals surface area (Å²) in [6.45, 7) is 3.30. The zero-order chi connectivity index (χ0) is 20.1. The standard InChI is InChI=1S/C21H29N7O/c1-14-12-16(29-11-5-10-22)8-9-17(14)26-21-27-19-18(23-13-24-19)20(28-21)25-15-6-3-2-4-7-15/h8-9,12-13,15H,2-7,10-11,22H2,1H3,(H3,23,24,25,26,27,28)/p+1. The summed E-state index contributed by atoms with van der Waals surface area (Å²) in [7, 11) is 0. The van der Waals surface area contributed by atoms with Crippen molar-refractivity contribution >= 4 is 28.6 Å². The number of H-pyrrole nitrogens is 2. The van der Waals surface area contributed by atoms with Crippen LogP contribution in [0, 0.1) is 6.92 Å². The smallest absolute Gasteiger partial charge is 0.307 e. The van der Waals surface area contributed by atoms with E-state index in [2.05, 4.69) is 25.6 Å². The van der Waals surface area contributed by atoms with Gasteiger partial charge in [0, 0.05) is 11.7 Å². The summed E-state index contributed by atoms with van der Waals surface area (Å²) in [6, 6.07) is 6.43. The van der Waals surface area contributed by atoms with Gasteiger partial charge in [0.15, 0.2) is 12.1 Å². The second-order valence-electron chi connectivity index (χ2n) is 7.62. The van der Waals surface area contributed by atoms with Gasteiger partial charge in [-0.3, -0.25) is 4.98 Å². The lowest BCUT2D eigenvalue weighted by atomic mass is 9.95. The molecule has 29 heavy (non-hydrogen) atoms. The molecule has 2 heterocycles. The highest BCUT2D eigenvalue weighted by Crippen LogP contribution is 2.27. The van der Waals surface area contributed by atoms with Crippen LogP contribution in [-0.2, 0) is 0 Å². The Labute approximate surface area is 170 Å². The first-order chi connectivity index (χ1) is 14.2. The van der Waals surface area contributed by atoms with E-state index in [0.717, 1.165) is 40.4 Å². The quantitative estimate of drug-likeness (QED) is 0.434. The highest BCUT2D eigenvalue weighted by Gasteiger charge is 2.20. The van der Waals surface area contributed by atoms with Crippen LogP contribution in [0.4, 0.5) is 17.5 Å².